The summed E-state index contributed by atoms with van der Waals surface area (Å²) in [6.07, 6.45) is 1.25. The number of likely N-dealkylation sites (N-methyl/N-ethyl adjacent to an activating group) is 1. The van der Waals surface area contributed by atoms with E-state index in [0.29, 0.717) is 44.2 Å². The van der Waals surface area contributed by atoms with Crippen LogP contribution in [-0.4, -0.2) is 68.0 Å². The van der Waals surface area contributed by atoms with Crippen molar-refractivity contribution in [1.29, 1.82) is 0 Å². The second-order valence-corrected chi connectivity index (χ2v) is 9.06. The van der Waals surface area contributed by atoms with Crippen molar-refractivity contribution < 1.29 is 23.1 Å². The lowest BCUT2D eigenvalue weighted by Crippen LogP contribution is -2.46. The van der Waals surface area contributed by atoms with Crippen molar-refractivity contribution in [3.63, 3.8) is 0 Å². The first-order chi connectivity index (χ1) is 12.2. The highest BCUT2D eigenvalue weighted by molar-refractivity contribution is 7.89. The number of hydrogen-bond donors (Lipinski definition) is 1. The van der Waals surface area contributed by atoms with E-state index < -0.39 is 16.0 Å². The van der Waals surface area contributed by atoms with Crippen LogP contribution >= 0.6 is 0 Å². The summed E-state index contributed by atoms with van der Waals surface area (Å²) in [6.45, 7) is 5.44. The number of ether oxygens (including phenoxy) is 1. The lowest BCUT2D eigenvalue weighted by atomic mass is 10.1. The van der Waals surface area contributed by atoms with Crippen LogP contribution in [0.15, 0.2) is 29.2 Å². The van der Waals surface area contributed by atoms with Crippen LogP contribution < -0.4 is 4.74 Å². The molecule has 0 atom stereocenters. The zero-order valence-electron chi connectivity index (χ0n) is 15.6. The molecule has 1 fully saturated rings. The molecule has 1 aliphatic heterocycles. The number of nitrogens with zero attached hydrogens (tertiary/aromatic N) is 2. The molecule has 0 radical (unpaired) electrons. The molecule has 2 rings (SSSR count). The van der Waals surface area contributed by atoms with Crippen LogP contribution in [0.5, 0.6) is 5.75 Å². The van der Waals surface area contributed by atoms with Gasteiger partial charge in [-0.1, -0.05) is 13.8 Å². The lowest BCUT2D eigenvalue weighted by Gasteiger charge is -2.35. The molecule has 0 unspecified atom stereocenters. The van der Waals surface area contributed by atoms with E-state index in [-0.39, 0.29) is 17.5 Å². The molecule has 0 aliphatic carbocycles. The van der Waals surface area contributed by atoms with Crippen LogP contribution in [0, 0.1) is 5.92 Å². The molecule has 1 heterocycles. The summed E-state index contributed by atoms with van der Waals surface area (Å²) >= 11 is 0. The summed E-state index contributed by atoms with van der Waals surface area (Å²) < 4.78 is 32.7. The van der Waals surface area contributed by atoms with E-state index in [9.17, 15) is 13.2 Å². The average molecular weight is 384 g/mol. The Morgan fingerprint density at radius 3 is 2.35 bits per heavy atom. The van der Waals surface area contributed by atoms with Gasteiger partial charge in [0.15, 0.2) is 0 Å². The molecular weight excluding hydrogens is 356 g/mol. The Morgan fingerprint density at radius 1 is 1.27 bits per heavy atom. The molecule has 146 valence electrons. The number of carbonyl (C=O) groups is 1. The normalized spacial score (nSPS) is 17.0. The van der Waals surface area contributed by atoms with Crippen LogP contribution in [0.1, 0.15) is 26.7 Å². The quantitative estimate of drug-likeness (QED) is 0.736. The minimum absolute atomic E-state index is 0.0325. The first-order valence-electron chi connectivity index (χ1n) is 8.85. The van der Waals surface area contributed by atoms with Gasteiger partial charge in [0, 0.05) is 19.1 Å². The molecule has 1 aliphatic rings. The number of carboxylic acid groups (broad SMARTS) is 1. The van der Waals surface area contributed by atoms with E-state index in [1.807, 2.05) is 0 Å². The Balaban J connectivity index is 1.97. The van der Waals surface area contributed by atoms with E-state index in [1.54, 1.807) is 36.2 Å². The number of sulfonamides is 1. The van der Waals surface area contributed by atoms with E-state index in [2.05, 4.69) is 13.8 Å². The Bertz CT molecular complexity index is 695. The molecule has 0 aromatic heterocycles. The van der Waals surface area contributed by atoms with Crippen molar-refractivity contribution in [1.82, 2.24) is 9.21 Å². The molecule has 7 nitrogen and oxygen atoms in total. The Hall–Kier alpha value is -1.64. The number of aliphatic carboxylic acids is 1. The van der Waals surface area contributed by atoms with Gasteiger partial charge in [-0.25, -0.2) is 8.42 Å². The summed E-state index contributed by atoms with van der Waals surface area (Å²) in [5.41, 5.74) is 0. The zero-order valence-corrected chi connectivity index (χ0v) is 16.4. The van der Waals surface area contributed by atoms with E-state index in [1.165, 1.54) is 4.31 Å². The topological polar surface area (TPSA) is 87.2 Å². The predicted octanol–water partition coefficient (Wildman–Crippen LogP) is 1.89. The van der Waals surface area contributed by atoms with Gasteiger partial charge in [-0.2, -0.15) is 4.31 Å². The van der Waals surface area contributed by atoms with Crippen molar-refractivity contribution in [2.45, 2.75) is 37.6 Å². The van der Waals surface area contributed by atoms with Gasteiger partial charge in [-0.15, -0.1) is 0 Å². The largest absolute Gasteiger partial charge is 0.493 e. The lowest BCUT2D eigenvalue weighted by molar-refractivity contribution is -0.138. The third-order valence-electron chi connectivity index (χ3n) is 4.48. The maximum atomic E-state index is 12.8. The SMILES string of the molecule is CC(C)COc1ccc(S(=O)(=O)N2CCC(N(C)CC(=O)O)CC2)cc1. The average Bonchev–Trinajstić information content (AvgIpc) is 2.60. The highest BCUT2D eigenvalue weighted by atomic mass is 32.2. The molecule has 0 spiro atoms. The molecule has 26 heavy (non-hydrogen) atoms. The van der Waals surface area contributed by atoms with E-state index in [0.717, 1.165) is 0 Å². The van der Waals surface area contributed by atoms with Crippen molar-refractivity contribution in [3.05, 3.63) is 24.3 Å². The smallest absolute Gasteiger partial charge is 0.317 e. The Morgan fingerprint density at radius 2 is 1.85 bits per heavy atom. The first kappa shape index (κ1) is 20.7. The van der Waals surface area contributed by atoms with Gasteiger partial charge in [0.1, 0.15) is 5.75 Å². The van der Waals surface area contributed by atoms with Gasteiger partial charge in [0.05, 0.1) is 18.0 Å². The molecule has 1 aromatic carbocycles. The van der Waals surface area contributed by atoms with Crippen LogP contribution in [-0.2, 0) is 14.8 Å². The minimum atomic E-state index is -3.54. The highest BCUT2D eigenvalue weighted by Gasteiger charge is 2.31. The van der Waals surface area contributed by atoms with Crippen molar-refractivity contribution in [2.75, 3.05) is 33.3 Å². The first-order valence-corrected chi connectivity index (χ1v) is 10.3. The number of carboxylic acids is 1. The monoisotopic (exact) mass is 384 g/mol. The van der Waals surface area contributed by atoms with Crippen LogP contribution in [0.2, 0.25) is 0 Å². The summed E-state index contributed by atoms with van der Waals surface area (Å²) in [5.74, 6) is 0.188. The molecule has 0 saturated carbocycles. The standard InChI is InChI=1S/C18H28N2O5S/c1-14(2)13-25-16-4-6-17(7-5-16)26(23,24)20-10-8-15(9-11-20)19(3)12-18(21)22/h4-7,14-15H,8-13H2,1-3H3,(H,21,22). The molecular formula is C18H28N2O5S. The van der Waals surface area contributed by atoms with Gasteiger partial charge in [0.2, 0.25) is 10.0 Å². The van der Waals surface area contributed by atoms with Gasteiger partial charge in [0.25, 0.3) is 0 Å². The number of piperidine rings is 1. The third kappa shape index (κ3) is 5.43. The van der Waals surface area contributed by atoms with E-state index in [4.69, 9.17) is 9.84 Å². The molecule has 1 saturated heterocycles. The van der Waals surface area contributed by atoms with Crippen molar-refractivity contribution in [3.8, 4) is 5.75 Å². The fraction of sp³-hybridized carbons (Fsp3) is 0.611. The van der Waals surface area contributed by atoms with E-state index >= 15 is 0 Å². The minimum Gasteiger partial charge on any atom is -0.493 e. The fourth-order valence-corrected chi connectivity index (χ4v) is 4.46. The number of hydrogen-bond acceptors (Lipinski definition) is 5. The second kappa shape index (κ2) is 8.83. The number of rotatable bonds is 8. The van der Waals surface area contributed by atoms with Gasteiger partial charge >= 0.3 is 5.97 Å². The molecule has 0 amide bonds. The zero-order chi connectivity index (χ0) is 19.3. The Labute approximate surface area is 155 Å². The van der Waals surface area contributed by atoms with Gasteiger partial charge < -0.3 is 9.84 Å². The molecule has 1 N–H and O–H groups in total. The number of benzene rings is 1. The summed E-state index contributed by atoms with van der Waals surface area (Å²) in [7, 11) is -1.78. The van der Waals surface area contributed by atoms with Crippen LogP contribution in [0.25, 0.3) is 0 Å². The van der Waals surface area contributed by atoms with Crippen molar-refractivity contribution >= 4 is 16.0 Å². The van der Waals surface area contributed by atoms with Crippen molar-refractivity contribution in [2.24, 2.45) is 5.92 Å². The highest BCUT2D eigenvalue weighted by Crippen LogP contribution is 2.24. The van der Waals surface area contributed by atoms with Gasteiger partial charge in [-0.3, -0.25) is 9.69 Å². The fourth-order valence-electron chi connectivity index (χ4n) is 2.99. The third-order valence-corrected chi connectivity index (χ3v) is 6.39. The maximum Gasteiger partial charge on any atom is 0.317 e. The Kier molecular flexibility index (Phi) is 7.02. The summed E-state index contributed by atoms with van der Waals surface area (Å²) in [4.78, 5) is 12.8. The van der Waals surface area contributed by atoms with Crippen LogP contribution in [0.3, 0.4) is 0 Å². The molecule has 1 aromatic rings. The van der Waals surface area contributed by atoms with Gasteiger partial charge in [-0.05, 0) is 50.1 Å². The second-order valence-electron chi connectivity index (χ2n) is 7.12. The summed E-state index contributed by atoms with van der Waals surface area (Å²) in [6, 6.07) is 6.61. The van der Waals surface area contributed by atoms with Crippen LogP contribution in [0.4, 0.5) is 0 Å². The summed E-state index contributed by atoms with van der Waals surface area (Å²) in [5, 5.41) is 8.88. The predicted molar refractivity (Wildman–Crippen MR) is 98.8 cm³/mol. The molecule has 0 bridgehead atoms. The molecule has 8 heteroatoms. The maximum absolute atomic E-state index is 12.8.